The van der Waals surface area contributed by atoms with E-state index in [2.05, 4.69) is 20.8 Å². The first-order valence-electron chi connectivity index (χ1n) is 11.9. The van der Waals surface area contributed by atoms with Gasteiger partial charge < -0.3 is 15.3 Å². The van der Waals surface area contributed by atoms with Crippen molar-refractivity contribution in [3.05, 3.63) is 28.3 Å². The van der Waals surface area contributed by atoms with E-state index >= 15 is 0 Å². The number of aliphatic hydroxyl groups is 3. The fraction of sp³-hybridized carbons (Fsp3) is 0.750. The van der Waals surface area contributed by atoms with Gasteiger partial charge in [-0.1, -0.05) is 53.4 Å². The molecule has 0 aliphatic carbocycles. The molecule has 1 aromatic carbocycles. The number of aryl methyl sites for hydroxylation is 1. The minimum absolute atomic E-state index is 0.0694. The topological polar surface area (TPSA) is 118 Å². The first-order chi connectivity index (χ1) is 15.2. The van der Waals surface area contributed by atoms with Crippen LogP contribution in [0.2, 0.25) is 0 Å². The fourth-order valence-corrected chi connectivity index (χ4v) is 4.80. The number of benzene rings is 1. The summed E-state index contributed by atoms with van der Waals surface area (Å²) >= 11 is 0. The molecule has 0 radical (unpaired) electrons. The van der Waals surface area contributed by atoms with Crippen molar-refractivity contribution in [2.75, 3.05) is 39.5 Å². The van der Waals surface area contributed by atoms with E-state index in [1.165, 1.54) is 11.1 Å². The molecule has 1 aromatic rings. The van der Waals surface area contributed by atoms with E-state index in [0.717, 1.165) is 56.1 Å². The van der Waals surface area contributed by atoms with Crippen LogP contribution in [0.3, 0.4) is 0 Å². The van der Waals surface area contributed by atoms with Crippen LogP contribution < -0.4 is 0 Å². The van der Waals surface area contributed by atoms with E-state index in [1.54, 1.807) is 11.0 Å². The van der Waals surface area contributed by atoms with E-state index in [-0.39, 0.29) is 24.7 Å². The second kappa shape index (κ2) is 17.4. The van der Waals surface area contributed by atoms with E-state index in [9.17, 15) is 13.0 Å². The molecule has 0 saturated carbocycles. The van der Waals surface area contributed by atoms with Gasteiger partial charge in [-0.05, 0) is 54.0 Å². The summed E-state index contributed by atoms with van der Waals surface area (Å²) in [5.74, 6) is 0. The van der Waals surface area contributed by atoms with Crippen LogP contribution in [0, 0.1) is 0 Å². The van der Waals surface area contributed by atoms with Crippen LogP contribution in [-0.4, -0.2) is 72.6 Å². The SMILES string of the molecule is CCCc1cc(S(=O)(=O)O)c(CCC)c(CCC)c1CCC.OCCN(CCO)CCO. The Morgan fingerprint density at radius 3 is 1.47 bits per heavy atom. The van der Waals surface area contributed by atoms with Crippen molar-refractivity contribution in [2.24, 2.45) is 0 Å². The molecule has 0 saturated heterocycles. The lowest BCUT2D eigenvalue weighted by molar-refractivity contribution is 0.136. The summed E-state index contributed by atoms with van der Waals surface area (Å²) in [6.07, 6.45) is 7.29. The molecular weight excluding hydrogens is 430 g/mol. The van der Waals surface area contributed by atoms with Crippen LogP contribution in [0.4, 0.5) is 0 Å². The summed E-state index contributed by atoms with van der Waals surface area (Å²) in [6.45, 7) is 10.2. The van der Waals surface area contributed by atoms with Crippen LogP contribution in [0.15, 0.2) is 11.0 Å². The highest BCUT2D eigenvalue weighted by atomic mass is 32.2. The predicted octanol–water partition coefficient (Wildman–Crippen LogP) is 3.01. The molecule has 32 heavy (non-hydrogen) atoms. The quantitative estimate of drug-likeness (QED) is 0.288. The van der Waals surface area contributed by atoms with Gasteiger partial charge in [-0.15, -0.1) is 0 Å². The Morgan fingerprint density at radius 2 is 1.09 bits per heavy atom. The Labute approximate surface area is 195 Å². The Morgan fingerprint density at radius 1 is 0.688 bits per heavy atom. The zero-order valence-electron chi connectivity index (χ0n) is 20.4. The molecule has 188 valence electrons. The third-order valence-electron chi connectivity index (χ3n) is 5.26. The summed E-state index contributed by atoms with van der Waals surface area (Å²) in [7, 11) is -4.17. The summed E-state index contributed by atoms with van der Waals surface area (Å²) in [4.78, 5) is 1.93. The molecule has 0 spiro atoms. The maximum Gasteiger partial charge on any atom is 0.294 e. The molecule has 0 bridgehead atoms. The lowest BCUT2D eigenvalue weighted by Crippen LogP contribution is -2.32. The second-order valence-electron chi connectivity index (χ2n) is 7.96. The average molecular weight is 476 g/mol. The van der Waals surface area contributed by atoms with Gasteiger partial charge in [-0.2, -0.15) is 8.42 Å². The van der Waals surface area contributed by atoms with Crippen molar-refractivity contribution in [1.29, 1.82) is 0 Å². The van der Waals surface area contributed by atoms with E-state index < -0.39 is 10.1 Å². The van der Waals surface area contributed by atoms with Crippen LogP contribution in [-0.2, 0) is 35.8 Å². The summed E-state index contributed by atoms with van der Waals surface area (Å²) < 4.78 is 33.4. The predicted molar refractivity (Wildman–Crippen MR) is 130 cm³/mol. The van der Waals surface area contributed by atoms with Gasteiger partial charge in [0.2, 0.25) is 0 Å². The van der Waals surface area contributed by atoms with Gasteiger partial charge in [0.15, 0.2) is 0 Å². The highest BCUT2D eigenvalue weighted by Crippen LogP contribution is 2.31. The maximum atomic E-state index is 11.9. The van der Waals surface area contributed by atoms with Crippen LogP contribution in [0.1, 0.15) is 75.6 Å². The molecule has 8 heteroatoms. The van der Waals surface area contributed by atoms with Gasteiger partial charge in [0, 0.05) is 19.6 Å². The fourth-order valence-electron chi connectivity index (χ4n) is 3.98. The molecule has 0 aliphatic heterocycles. The van der Waals surface area contributed by atoms with E-state index in [1.807, 2.05) is 6.92 Å². The zero-order valence-corrected chi connectivity index (χ0v) is 21.3. The normalized spacial score (nSPS) is 11.5. The summed E-state index contributed by atoms with van der Waals surface area (Å²) in [6, 6.07) is 1.73. The summed E-state index contributed by atoms with van der Waals surface area (Å²) in [5.41, 5.74) is 4.43. The van der Waals surface area contributed by atoms with Gasteiger partial charge in [0.25, 0.3) is 10.1 Å². The number of rotatable bonds is 15. The van der Waals surface area contributed by atoms with Crippen LogP contribution >= 0.6 is 0 Å². The molecule has 0 heterocycles. The van der Waals surface area contributed by atoms with Crippen molar-refractivity contribution in [1.82, 2.24) is 4.90 Å². The van der Waals surface area contributed by atoms with Crippen molar-refractivity contribution >= 4 is 10.1 Å². The first kappa shape index (κ1) is 31.0. The van der Waals surface area contributed by atoms with Gasteiger partial charge in [0.05, 0.1) is 24.7 Å². The standard InChI is InChI=1S/C18H30O3S.C6H15NO3/c1-5-9-14-13-18(22(19,20)21)17(12-8-4)16(11-7-3)15(14)10-6-2;8-4-1-7(2-5-9)3-6-10/h13H,5-12H2,1-4H3,(H,19,20,21);8-10H,1-6H2. The third kappa shape index (κ3) is 10.7. The number of nitrogens with zero attached hydrogens (tertiary/aromatic N) is 1. The Hall–Kier alpha value is -1.03. The Balaban J connectivity index is 0.000000809. The Kier molecular flexibility index (Phi) is 16.9. The van der Waals surface area contributed by atoms with Crippen molar-refractivity contribution in [3.8, 4) is 0 Å². The summed E-state index contributed by atoms with van der Waals surface area (Å²) in [5, 5.41) is 25.5. The molecular formula is C24H45NO6S. The van der Waals surface area contributed by atoms with Gasteiger partial charge in [-0.3, -0.25) is 9.45 Å². The smallest absolute Gasteiger partial charge is 0.294 e. The van der Waals surface area contributed by atoms with Crippen LogP contribution in [0.5, 0.6) is 0 Å². The largest absolute Gasteiger partial charge is 0.395 e. The average Bonchev–Trinajstić information content (AvgIpc) is 2.72. The number of hydrogen-bond acceptors (Lipinski definition) is 6. The second-order valence-corrected chi connectivity index (χ2v) is 9.35. The van der Waals surface area contributed by atoms with E-state index in [4.69, 9.17) is 15.3 Å². The third-order valence-corrected chi connectivity index (χ3v) is 6.18. The monoisotopic (exact) mass is 475 g/mol. The molecule has 7 nitrogen and oxygen atoms in total. The number of aliphatic hydroxyl groups excluding tert-OH is 3. The van der Waals surface area contributed by atoms with Crippen LogP contribution in [0.25, 0.3) is 0 Å². The van der Waals surface area contributed by atoms with Gasteiger partial charge in [-0.25, -0.2) is 0 Å². The molecule has 0 amide bonds. The van der Waals surface area contributed by atoms with Crippen molar-refractivity contribution in [3.63, 3.8) is 0 Å². The lowest BCUT2D eigenvalue weighted by Gasteiger charge is -2.21. The van der Waals surface area contributed by atoms with Crippen molar-refractivity contribution in [2.45, 2.75) is 84.0 Å². The minimum atomic E-state index is -4.17. The molecule has 0 aliphatic rings. The maximum absolute atomic E-state index is 11.9. The molecule has 0 unspecified atom stereocenters. The highest BCUT2D eigenvalue weighted by molar-refractivity contribution is 7.85. The molecule has 0 aromatic heterocycles. The minimum Gasteiger partial charge on any atom is -0.395 e. The van der Waals surface area contributed by atoms with E-state index in [0.29, 0.717) is 26.1 Å². The molecule has 4 N–H and O–H groups in total. The van der Waals surface area contributed by atoms with Crippen molar-refractivity contribution < 1.29 is 28.3 Å². The zero-order chi connectivity index (χ0) is 24.6. The first-order valence-corrected chi connectivity index (χ1v) is 13.4. The lowest BCUT2D eigenvalue weighted by atomic mass is 9.87. The highest BCUT2D eigenvalue weighted by Gasteiger charge is 2.22. The molecule has 0 atom stereocenters. The van der Waals surface area contributed by atoms with Gasteiger partial charge in [0.1, 0.15) is 0 Å². The van der Waals surface area contributed by atoms with Gasteiger partial charge >= 0.3 is 0 Å². The Bertz CT molecular complexity index is 722. The molecule has 0 fully saturated rings. The number of hydrogen-bond donors (Lipinski definition) is 4. The molecule has 1 rings (SSSR count).